The molecule has 0 aliphatic carbocycles. The molecular formula is C23H32N2O5S. The van der Waals surface area contributed by atoms with Gasteiger partial charge in [0.25, 0.3) is 0 Å². The van der Waals surface area contributed by atoms with Crippen LogP contribution in [0, 0.1) is 13.8 Å². The van der Waals surface area contributed by atoms with Gasteiger partial charge < -0.3 is 14.8 Å². The normalized spacial score (nSPS) is 13.3. The van der Waals surface area contributed by atoms with Crippen LogP contribution in [0.15, 0.2) is 36.4 Å². The highest BCUT2D eigenvalue weighted by Gasteiger charge is 2.32. The predicted octanol–water partition coefficient (Wildman–Crippen LogP) is 3.74. The Bertz CT molecular complexity index is 1040. The van der Waals surface area contributed by atoms with E-state index >= 15 is 0 Å². The summed E-state index contributed by atoms with van der Waals surface area (Å²) in [6, 6.07) is 9.56. The number of nitrogens with one attached hydrogen (secondary N) is 1. The van der Waals surface area contributed by atoms with Gasteiger partial charge in [-0.15, -0.1) is 0 Å². The fourth-order valence-corrected chi connectivity index (χ4v) is 4.64. The zero-order valence-electron chi connectivity index (χ0n) is 19.2. The summed E-state index contributed by atoms with van der Waals surface area (Å²) in [6.07, 6.45) is 1.44. The van der Waals surface area contributed by atoms with Crippen molar-refractivity contribution in [3.05, 3.63) is 53.1 Å². The van der Waals surface area contributed by atoms with Crippen LogP contribution >= 0.6 is 0 Å². The summed E-state index contributed by atoms with van der Waals surface area (Å²) in [4.78, 5) is 13.2. The second-order valence-electron chi connectivity index (χ2n) is 7.60. The van der Waals surface area contributed by atoms with E-state index in [9.17, 15) is 13.2 Å². The Morgan fingerprint density at radius 1 is 1.03 bits per heavy atom. The topological polar surface area (TPSA) is 84.9 Å². The molecule has 0 aromatic heterocycles. The number of sulfonamides is 1. The molecule has 2 aromatic rings. The summed E-state index contributed by atoms with van der Waals surface area (Å²) in [5.74, 6) is 0.781. The van der Waals surface area contributed by atoms with Gasteiger partial charge in [-0.3, -0.25) is 9.10 Å². The maximum absolute atomic E-state index is 13.2. The molecule has 2 rings (SSSR count). The number of nitrogens with zero attached hydrogens (tertiary/aromatic N) is 1. The maximum Gasteiger partial charge on any atom is 0.244 e. The van der Waals surface area contributed by atoms with Gasteiger partial charge in [-0.2, -0.15) is 0 Å². The van der Waals surface area contributed by atoms with Gasteiger partial charge in [-0.25, -0.2) is 8.42 Å². The Balaban J connectivity index is 2.34. The van der Waals surface area contributed by atoms with Crippen molar-refractivity contribution in [2.45, 2.75) is 46.2 Å². The Hall–Kier alpha value is -2.74. The number of carbonyl (C=O) groups is 1. The van der Waals surface area contributed by atoms with Crippen LogP contribution in [0.25, 0.3) is 0 Å². The Labute approximate surface area is 185 Å². The van der Waals surface area contributed by atoms with E-state index in [4.69, 9.17) is 9.47 Å². The third-order valence-corrected chi connectivity index (χ3v) is 6.52. The predicted molar refractivity (Wildman–Crippen MR) is 123 cm³/mol. The van der Waals surface area contributed by atoms with E-state index < -0.39 is 16.1 Å². The van der Waals surface area contributed by atoms with Crippen LogP contribution in [0.5, 0.6) is 11.5 Å². The minimum Gasteiger partial charge on any atom is -0.493 e. The molecule has 170 valence electrons. The molecule has 7 nitrogen and oxygen atoms in total. The fourth-order valence-electron chi connectivity index (χ4n) is 3.44. The van der Waals surface area contributed by atoms with E-state index in [1.54, 1.807) is 45.4 Å². The third-order valence-electron chi connectivity index (χ3n) is 5.34. The monoisotopic (exact) mass is 448 g/mol. The number of benzene rings is 2. The molecule has 1 amide bonds. The van der Waals surface area contributed by atoms with Gasteiger partial charge in [0, 0.05) is 0 Å². The molecule has 0 saturated heterocycles. The van der Waals surface area contributed by atoms with Crippen molar-refractivity contribution in [1.82, 2.24) is 5.32 Å². The highest BCUT2D eigenvalue weighted by atomic mass is 32.2. The fraction of sp³-hybridized carbons (Fsp3) is 0.435. The summed E-state index contributed by atoms with van der Waals surface area (Å²) in [7, 11) is -0.584. The van der Waals surface area contributed by atoms with E-state index in [2.05, 4.69) is 5.32 Å². The van der Waals surface area contributed by atoms with Crippen molar-refractivity contribution in [3.63, 3.8) is 0 Å². The quantitative estimate of drug-likeness (QED) is 0.632. The number of anilines is 1. The zero-order chi connectivity index (χ0) is 23.3. The van der Waals surface area contributed by atoms with Gasteiger partial charge >= 0.3 is 0 Å². The van der Waals surface area contributed by atoms with Crippen LogP contribution in [0.4, 0.5) is 5.69 Å². The molecule has 0 spiro atoms. The SMILES string of the molecule is CC[C@@H](C(=O)N[C@@H](C)c1ccc(OC)c(OC)c1)N(c1ccc(C)c(C)c1)S(C)(=O)=O. The lowest BCUT2D eigenvalue weighted by molar-refractivity contribution is -0.122. The van der Waals surface area contributed by atoms with E-state index in [-0.39, 0.29) is 11.9 Å². The van der Waals surface area contributed by atoms with E-state index in [0.717, 1.165) is 22.9 Å². The molecule has 0 fully saturated rings. The lowest BCUT2D eigenvalue weighted by Crippen LogP contribution is -2.49. The van der Waals surface area contributed by atoms with Crippen molar-refractivity contribution < 1.29 is 22.7 Å². The smallest absolute Gasteiger partial charge is 0.244 e. The number of carbonyl (C=O) groups excluding carboxylic acids is 1. The first-order chi connectivity index (χ1) is 14.5. The molecule has 31 heavy (non-hydrogen) atoms. The molecule has 1 N–H and O–H groups in total. The highest BCUT2D eigenvalue weighted by Crippen LogP contribution is 2.30. The third kappa shape index (κ3) is 5.70. The van der Waals surface area contributed by atoms with Crippen LogP contribution in [-0.4, -0.2) is 40.8 Å². The number of methoxy groups -OCH3 is 2. The van der Waals surface area contributed by atoms with Crippen LogP contribution in [0.2, 0.25) is 0 Å². The molecule has 0 radical (unpaired) electrons. The molecule has 0 aliphatic rings. The van der Waals surface area contributed by atoms with E-state index in [0.29, 0.717) is 23.6 Å². The van der Waals surface area contributed by atoms with E-state index in [1.807, 2.05) is 32.9 Å². The van der Waals surface area contributed by atoms with Crippen LogP contribution < -0.4 is 19.1 Å². The number of rotatable bonds is 9. The minimum atomic E-state index is -3.69. The van der Waals surface area contributed by atoms with Gasteiger partial charge in [0.15, 0.2) is 11.5 Å². The lowest BCUT2D eigenvalue weighted by atomic mass is 10.1. The molecule has 8 heteroatoms. The first-order valence-electron chi connectivity index (χ1n) is 10.1. The Kier molecular flexibility index (Phi) is 7.95. The van der Waals surface area contributed by atoms with Gasteiger partial charge in [0.2, 0.25) is 15.9 Å². The zero-order valence-corrected chi connectivity index (χ0v) is 20.0. The summed E-state index contributed by atoms with van der Waals surface area (Å²) in [5, 5.41) is 2.94. The van der Waals surface area contributed by atoms with Gasteiger partial charge in [0.05, 0.1) is 32.2 Å². The molecule has 0 unspecified atom stereocenters. The largest absolute Gasteiger partial charge is 0.493 e. The number of hydrogen-bond acceptors (Lipinski definition) is 5. The first kappa shape index (κ1) is 24.5. The lowest BCUT2D eigenvalue weighted by Gasteiger charge is -2.31. The van der Waals surface area contributed by atoms with Crippen molar-refractivity contribution >= 4 is 21.6 Å². The van der Waals surface area contributed by atoms with E-state index in [1.165, 1.54) is 4.31 Å². The average molecular weight is 449 g/mol. The van der Waals surface area contributed by atoms with Crippen molar-refractivity contribution in [2.75, 3.05) is 24.8 Å². The average Bonchev–Trinajstić information content (AvgIpc) is 2.72. The second kappa shape index (κ2) is 10.0. The van der Waals surface area contributed by atoms with Crippen LogP contribution in [0.3, 0.4) is 0 Å². The molecule has 0 aliphatic heterocycles. The molecule has 0 heterocycles. The Morgan fingerprint density at radius 3 is 2.19 bits per heavy atom. The summed E-state index contributed by atoms with van der Waals surface area (Å²) < 4.78 is 37.1. The number of aryl methyl sites for hydroxylation is 2. The molecular weight excluding hydrogens is 416 g/mol. The van der Waals surface area contributed by atoms with Gasteiger partial charge in [-0.05, 0) is 68.1 Å². The second-order valence-corrected chi connectivity index (χ2v) is 9.46. The molecule has 0 bridgehead atoms. The highest BCUT2D eigenvalue weighted by molar-refractivity contribution is 7.92. The number of hydrogen-bond donors (Lipinski definition) is 1. The minimum absolute atomic E-state index is 0.324. The van der Waals surface area contributed by atoms with Crippen molar-refractivity contribution in [2.24, 2.45) is 0 Å². The molecule has 0 saturated carbocycles. The summed E-state index contributed by atoms with van der Waals surface area (Å²) >= 11 is 0. The number of amides is 1. The number of ether oxygens (including phenoxy) is 2. The summed E-state index contributed by atoms with van der Waals surface area (Å²) in [6.45, 7) is 7.51. The van der Waals surface area contributed by atoms with Crippen molar-refractivity contribution in [3.8, 4) is 11.5 Å². The maximum atomic E-state index is 13.2. The van der Waals surface area contributed by atoms with Crippen molar-refractivity contribution in [1.29, 1.82) is 0 Å². The molecule has 2 atom stereocenters. The van der Waals surface area contributed by atoms with Crippen LogP contribution in [-0.2, 0) is 14.8 Å². The standard InChI is InChI=1S/C23H32N2O5S/c1-8-20(25(31(7,27)28)19-11-9-15(2)16(3)13-19)23(26)24-17(4)18-10-12-21(29-5)22(14-18)30-6/h9-14,17,20H,8H2,1-7H3,(H,24,26)/t17-,20-/m0/s1. The first-order valence-corrected chi connectivity index (χ1v) is 12.0. The summed E-state index contributed by atoms with van der Waals surface area (Å²) in [5.41, 5.74) is 3.31. The van der Waals surface area contributed by atoms with Gasteiger partial charge in [0.1, 0.15) is 6.04 Å². The van der Waals surface area contributed by atoms with Crippen LogP contribution in [0.1, 0.15) is 43.0 Å². The van der Waals surface area contributed by atoms with Gasteiger partial charge in [-0.1, -0.05) is 19.1 Å². The Morgan fingerprint density at radius 2 is 1.68 bits per heavy atom. The molecule has 2 aromatic carbocycles.